The summed E-state index contributed by atoms with van der Waals surface area (Å²) in [7, 11) is 2.94. The number of nitrogens with one attached hydrogen (secondary N) is 1. The maximum Gasteiger partial charge on any atom is 0.258 e. The third kappa shape index (κ3) is 5.94. The third-order valence-electron chi connectivity index (χ3n) is 3.77. The lowest BCUT2D eigenvalue weighted by Gasteiger charge is -2.21. The molecule has 0 fully saturated rings. The van der Waals surface area contributed by atoms with Crippen LogP contribution in [0.2, 0.25) is 10.0 Å². The fourth-order valence-corrected chi connectivity index (χ4v) is 2.92. The van der Waals surface area contributed by atoms with E-state index in [1.807, 2.05) is 0 Å². The Kier molecular flexibility index (Phi) is 7.78. The number of ether oxygens (including phenoxy) is 3. The molecule has 0 spiro atoms. The number of carboxylic acid groups (broad SMARTS) is 1. The van der Waals surface area contributed by atoms with Gasteiger partial charge in [0.15, 0.2) is 18.1 Å². The highest BCUT2D eigenvalue weighted by Crippen LogP contribution is 2.31. The Hall–Kier alpha value is -2.64. The van der Waals surface area contributed by atoms with E-state index in [9.17, 15) is 14.7 Å². The van der Waals surface area contributed by atoms with Gasteiger partial charge in [-0.05, 0) is 35.9 Å². The molecule has 0 aliphatic rings. The molecule has 0 aliphatic carbocycles. The van der Waals surface area contributed by atoms with Gasteiger partial charge in [0.05, 0.1) is 25.3 Å². The van der Waals surface area contributed by atoms with Crippen LogP contribution in [0.3, 0.4) is 0 Å². The Labute approximate surface area is 172 Å². The minimum Gasteiger partial charge on any atom is -0.550 e. The predicted molar refractivity (Wildman–Crippen MR) is 102 cm³/mol. The number of hydrogen-bond acceptors (Lipinski definition) is 6. The molecule has 150 valence electrons. The standard InChI is InChI=1S/C19H19Cl2NO6/c1-26-16-5-3-11(7-17(16)27-2)14(9-19(24)25)22-18(23)10-28-15-6-4-12(20)8-13(15)21/h3-8,14H,9-10H2,1-2H3,(H,22,23)(H,24,25)/p-1. The zero-order chi connectivity index (χ0) is 20.7. The second kappa shape index (κ2) is 10.1. The van der Waals surface area contributed by atoms with Crippen LogP contribution in [0.1, 0.15) is 18.0 Å². The van der Waals surface area contributed by atoms with Crippen LogP contribution in [-0.4, -0.2) is 32.7 Å². The number of benzene rings is 2. The Morgan fingerprint density at radius 3 is 2.32 bits per heavy atom. The number of aliphatic carboxylic acids is 1. The lowest BCUT2D eigenvalue weighted by molar-refractivity contribution is -0.306. The van der Waals surface area contributed by atoms with E-state index in [0.717, 1.165) is 0 Å². The minimum atomic E-state index is -1.32. The second-order valence-corrected chi connectivity index (χ2v) is 6.52. The number of methoxy groups -OCH3 is 2. The lowest BCUT2D eigenvalue weighted by Crippen LogP contribution is -2.36. The Bertz CT molecular complexity index is 858. The first kappa shape index (κ1) is 21.7. The summed E-state index contributed by atoms with van der Waals surface area (Å²) in [4.78, 5) is 23.4. The van der Waals surface area contributed by atoms with E-state index in [2.05, 4.69) is 5.32 Å². The minimum absolute atomic E-state index is 0.256. The van der Waals surface area contributed by atoms with Gasteiger partial charge in [-0.1, -0.05) is 29.3 Å². The predicted octanol–water partition coefficient (Wildman–Crippen LogP) is 2.39. The molecule has 0 radical (unpaired) electrons. The first-order valence-corrected chi connectivity index (χ1v) is 8.88. The number of hydrogen-bond donors (Lipinski definition) is 1. The molecule has 0 aromatic heterocycles. The third-order valence-corrected chi connectivity index (χ3v) is 4.30. The summed E-state index contributed by atoms with van der Waals surface area (Å²) in [6.07, 6.45) is -0.428. The van der Waals surface area contributed by atoms with Gasteiger partial charge in [0.2, 0.25) is 0 Å². The van der Waals surface area contributed by atoms with Crippen LogP contribution in [0.25, 0.3) is 0 Å². The summed E-state index contributed by atoms with van der Waals surface area (Å²) >= 11 is 11.8. The molecule has 28 heavy (non-hydrogen) atoms. The van der Waals surface area contributed by atoms with Gasteiger partial charge < -0.3 is 29.4 Å². The summed E-state index contributed by atoms with van der Waals surface area (Å²) in [5, 5.41) is 14.4. The van der Waals surface area contributed by atoms with Crippen LogP contribution >= 0.6 is 23.2 Å². The van der Waals surface area contributed by atoms with Gasteiger partial charge in [-0.3, -0.25) is 4.79 Å². The van der Waals surface area contributed by atoms with E-state index >= 15 is 0 Å². The van der Waals surface area contributed by atoms with E-state index in [-0.39, 0.29) is 17.4 Å². The molecule has 1 amide bonds. The van der Waals surface area contributed by atoms with Gasteiger partial charge in [0, 0.05) is 17.4 Å². The summed E-state index contributed by atoms with van der Waals surface area (Å²) in [6.45, 7) is -0.363. The Balaban J connectivity index is 2.10. The molecular formula is C19H18Cl2NO6-. The molecule has 0 heterocycles. The van der Waals surface area contributed by atoms with Crippen LogP contribution in [0.15, 0.2) is 36.4 Å². The van der Waals surface area contributed by atoms with Crippen molar-refractivity contribution in [1.29, 1.82) is 0 Å². The fraction of sp³-hybridized carbons (Fsp3) is 0.263. The lowest BCUT2D eigenvalue weighted by atomic mass is 10.0. The van der Waals surface area contributed by atoms with Crippen molar-refractivity contribution in [3.63, 3.8) is 0 Å². The molecule has 2 rings (SSSR count). The quantitative estimate of drug-likeness (QED) is 0.660. The second-order valence-electron chi connectivity index (χ2n) is 5.67. The van der Waals surface area contributed by atoms with Crippen molar-refractivity contribution in [3.05, 3.63) is 52.0 Å². The molecule has 0 bridgehead atoms. The summed E-state index contributed by atoms with van der Waals surface area (Å²) in [6, 6.07) is 8.58. The molecule has 1 unspecified atom stereocenters. The molecular weight excluding hydrogens is 409 g/mol. The number of carboxylic acids is 1. The van der Waals surface area contributed by atoms with Gasteiger partial charge >= 0.3 is 0 Å². The topological polar surface area (TPSA) is 96.9 Å². The zero-order valence-corrected chi connectivity index (χ0v) is 16.7. The van der Waals surface area contributed by atoms with Crippen LogP contribution in [0.5, 0.6) is 17.2 Å². The normalized spacial score (nSPS) is 11.4. The maximum atomic E-state index is 12.3. The van der Waals surface area contributed by atoms with E-state index in [4.69, 9.17) is 37.4 Å². The average molecular weight is 427 g/mol. The number of rotatable bonds is 9. The van der Waals surface area contributed by atoms with Gasteiger partial charge in [0.25, 0.3) is 5.91 Å². The van der Waals surface area contributed by atoms with Crippen LogP contribution in [0, 0.1) is 0 Å². The molecule has 1 N–H and O–H groups in total. The van der Waals surface area contributed by atoms with E-state index in [1.54, 1.807) is 24.3 Å². The van der Waals surface area contributed by atoms with E-state index in [1.165, 1.54) is 26.4 Å². The summed E-state index contributed by atoms with van der Waals surface area (Å²) in [5.74, 6) is -0.690. The molecule has 1 atom stereocenters. The van der Waals surface area contributed by atoms with E-state index < -0.39 is 24.3 Å². The molecule has 2 aromatic carbocycles. The van der Waals surface area contributed by atoms with Gasteiger partial charge in [-0.15, -0.1) is 0 Å². The molecule has 9 heteroatoms. The van der Waals surface area contributed by atoms with E-state index in [0.29, 0.717) is 22.1 Å². The Morgan fingerprint density at radius 2 is 1.71 bits per heavy atom. The molecule has 0 saturated carbocycles. The van der Waals surface area contributed by atoms with Crippen LogP contribution in [0.4, 0.5) is 0 Å². The highest BCUT2D eigenvalue weighted by Gasteiger charge is 2.18. The summed E-state index contributed by atoms with van der Waals surface area (Å²) < 4.78 is 15.7. The van der Waals surface area contributed by atoms with Crippen molar-refractivity contribution in [2.75, 3.05) is 20.8 Å². The highest BCUT2D eigenvalue weighted by atomic mass is 35.5. The van der Waals surface area contributed by atoms with Crippen LogP contribution in [-0.2, 0) is 9.59 Å². The van der Waals surface area contributed by atoms with Gasteiger partial charge in [-0.2, -0.15) is 0 Å². The summed E-state index contributed by atoms with van der Waals surface area (Å²) in [5.41, 5.74) is 0.514. The highest BCUT2D eigenvalue weighted by molar-refractivity contribution is 6.35. The average Bonchev–Trinajstić information content (AvgIpc) is 2.65. The van der Waals surface area contributed by atoms with Gasteiger partial charge in [-0.25, -0.2) is 0 Å². The van der Waals surface area contributed by atoms with Crippen molar-refractivity contribution >= 4 is 35.1 Å². The first-order valence-electron chi connectivity index (χ1n) is 8.13. The van der Waals surface area contributed by atoms with Crippen molar-refractivity contribution in [3.8, 4) is 17.2 Å². The Morgan fingerprint density at radius 1 is 1.04 bits per heavy atom. The number of carbonyl (C=O) groups excluding carboxylic acids is 2. The number of halogens is 2. The SMILES string of the molecule is COc1ccc(C(CC(=O)[O-])NC(=O)COc2ccc(Cl)cc2Cl)cc1OC. The molecule has 7 nitrogen and oxygen atoms in total. The first-order chi connectivity index (χ1) is 13.3. The molecule has 2 aromatic rings. The zero-order valence-electron chi connectivity index (χ0n) is 15.2. The van der Waals surface area contributed by atoms with Crippen molar-refractivity contribution in [2.24, 2.45) is 0 Å². The molecule has 0 aliphatic heterocycles. The maximum absolute atomic E-state index is 12.3. The number of carbonyl (C=O) groups is 2. The number of amides is 1. The van der Waals surface area contributed by atoms with Crippen molar-refractivity contribution in [2.45, 2.75) is 12.5 Å². The monoisotopic (exact) mass is 426 g/mol. The molecule has 0 saturated heterocycles. The van der Waals surface area contributed by atoms with Crippen molar-refractivity contribution < 1.29 is 28.9 Å². The van der Waals surface area contributed by atoms with Crippen LogP contribution < -0.4 is 24.6 Å². The van der Waals surface area contributed by atoms with Crippen molar-refractivity contribution in [1.82, 2.24) is 5.32 Å². The fourth-order valence-electron chi connectivity index (χ4n) is 2.46. The van der Waals surface area contributed by atoms with Gasteiger partial charge in [0.1, 0.15) is 5.75 Å². The smallest absolute Gasteiger partial charge is 0.258 e. The largest absolute Gasteiger partial charge is 0.550 e.